The molecule has 4 N–H and O–H groups in total. The third kappa shape index (κ3) is 22.4. The van der Waals surface area contributed by atoms with Crippen molar-refractivity contribution in [2.75, 3.05) is 13.2 Å². The summed E-state index contributed by atoms with van der Waals surface area (Å²) in [5, 5.41) is 11.2. The average molecular weight is 366 g/mol. The fourth-order valence-electron chi connectivity index (χ4n) is 2.23. The first-order valence-electron chi connectivity index (χ1n) is 9.78. The van der Waals surface area contributed by atoms with Gasteiger partial charge in [-0.25, -0.2) is 0 Å². The van der Waals surface area contributed by atoms with Gasteiger partial charge in [0, 0.05) is 13.0 Å². The van der Waals surface area contributed by atoms with E-state index in [1.807, 2.05) is 0 Å². The molecule has 0 aliphatic heterocycles. The monoisotopic (exact) mass is 365 g/mol. The lowest BCUT2D eigenvalue weighted by Gasteiger charge is -2.00. The second kappa shape index (κ2) is 23.4. The first-order valence-corrected chi connectivity index (χ1v) is 9.78. The molecule has 0 spiro atoms. The molecule has 4 nitrogen and oxygen atoms in total. The normalized spacial score (nSPS) is 11.8. The van der Waals surface area contributed by atoms with Crippen LogP contribution in [0.1, 0.15) is 71.1 Å². The molecule has 0 atom stereocenters. The Morgan fingerprint density at radius 3 is 1.81 bits per heavy atom. The summed E-state index contributed by atoms with van der Waals surface area (Å²) in [7, 11) is 0. The van der Waals surface area contributed by atoms with Gasteiger partial charge in [-0.1, -0.05) is 68.4 Å². The van der Waals surface area contributed by atoms with Crippen molar-refractivity contribution in [2.45, 2.75) is 71.1 Å². The van der Waals surface area contributed by atoms with Gasteiger partial charge in [0.15, 0.2) is 0 Å². The van der Waals surface area contributed by atoms with Crippen molar-refractivity contribution < 1.29 is 15.4 Å². The van der Waals surface area contributed by atoms with Crippen LogP contribution < -0.4 is 5.32 Å². The van der Waals surface area contributed by atoms with Crippen LogP contribution in [0.3, 0.4) is 0 Å². The number of aliphatic hydroxyl groups is 1. The molecule has 0 bridgehead atoms. The maximum atomic E-state index is 11.3. The minimum Gasteiger partial charge on any atom is -0.412 e. The molecule has 0 aliphatic rings. The minimum absolute atomic E-state index is 0. The Balaban J connectivity index is 0. The van der Waals surface area contributed by atoms with Gasteiger partial charge in [-0.05, 0) is 44.9 Å². The summed E-state index contributed by atoms with van der Waals surface area (Å²) in [6, 6.07) is 0. The molecular weight excluding hydrogens is 326 g/mol. The summed E-state index contributed by atoms with van der Waals surface area (Å²) < 4.78 is 0. The Labute approximate surface area is 160 Å². The van der Waals surface area contributed by atoms with Crippen LogP contribution in [0.5, 0.6) is 0 Å². The third-order valence-electron chi connectivity index (χ3n) is 3.67. The highest BCUT2D eigenvalue weighted by atomic mass is 16.3. The van der Waals surface area contributed by atoms with Gasteiger partial charge in [-0.2, -0.15) is 0 Å². The van der Waals surface area contributed by atoms with E-state index < -0.39 is 0 Å². The zero-order chi connectivity index (χ0) is 18.4. The molecule has 0 saturated carbocycles. The van der Waals surface area contributed by atoms with Gasteiger partial charge in [0.2, 0.25) is 5.91 Å². The quantitative estimate of drug-likeness (QED) is 0.314. The highest BCUT2D eigenvalue weighted by Crippen LogP contribution is 2.01. The van der Waals surface area contributed by atoms with E-state index >= 15 is 0 Å². The number of nitrogens with one attached hydrogen (secondary N) is 1. The molecule has 0 saturated heterocycles. The second-order valence-electron chi connectivity index (χ2n) is 6.05. The number of carbonyl (C=O) groups is 1. The van der Waals surface area contributed by atoms with Gasteiger partial charge < -0.3 is 15.9 Å². The Morgan fingerprint density at radius 2 is 1.31 bits per heavy atom. The van der Waals surface area contributed by atoms with Crippen molar-refractivity contribution in [1.82, 2.24) is 5.32 Å². The summed E-state index contributed by atoms with van der Waals surface area (Å²) >= 11 is 0. The first kappa shape index (κ1) is 26.6. The van der Waals surface area contributed by atoms with Crippen molar-refractivity contribution >= 4 is 5.91 Å². The summed E-state index contributed by atoms with van der Waals surface area (Å²) in [5.41, 5.74) is 0. The molecule has 26 heavy (non-hydrogen) atoms. The molecule has 0 fully saturated rings. The molecule has 4 heteroatoms. The van der Waals surface area contributed by atoms with Gasteiger partial charge >= 0.3 is 0 Å². The molecule has 0 rings (SSSR count). The van der Waals surface area contributed by atoms with Crippen LogP contribution in [0.25, 0.3) is 0 Å². The van der Waals surface area contributed by atoms with Crippen LogP contribution >= 0.6 is 0 Å². The third-order valence-corrected chi connectivity index (χ3v) is 3.67. The smallest absolute Gasteiger partial charge is 0.220 e. The first-order chi connectivity index (χ1) is 12.3. The van der Waals surface area contributed by atoms with E-state index in [0.29, 0.717) is 13.0 Å². The van der Waals surface area contributed by atoms with Gasteiger partial charge in [0.25, 0.3) is 0 Å². The summed E-state index contributed by atoms with van der Waals surface area (Å²) in [5.74, 6) is 0.0185. The van der Waals surface area contributed by atoms with Gasteiger partial charge in [0.1, 0.15) is 0 Å². The number of carbonyl (C=O) groups excluding carboxylic acids is 1. The summed E-state index contributed by atoms with van der Waals surface area (Å²) in [4.78, 5) is 11.3. The number of hydrogen-bond acceptors (Lipinski definition) is 2. The SMILES string of the molecule is CCCCC/C=C\C/C=C\C/C=C\C/C=C\CCCC(=O)NCCO.O. The lowest BCUT2D eigenvalue weighted by Crippen LogP contribution is -2.25. The number of amides is 1. The number of aliphatic hydroxyl groups excluding tert-OH is 1. The average Bonchev–Trinajstić information content (AvgIpc) is 2.62. The fraction of sp³-hybridized carbons (Fsp3) is 0.591. The molecule has 0 aliphatic carbocycles. The second-order valence-corrected chi connectivity index (χ2v) is 6.05. The van der Waals surface area contributed by atoms with Crippen LogP contribution in [0, 0.1) is 0 Å². The highest BCUT2D eigenvalue weighted by Gasteiger charge is 1.97. The Hall–Kier alpha value is -1.65. The Kier molecular flexibility index (Phi) is 23.9. The van der Waals surface area contributed by atoms with E-state index in [9.17, 15) is 4.79 Å². The van der Waals surface area contributed by atoms with E-state index in [2.05, 4.69) is 60.8 Å². The molecule has 150 valence electrons. The van der Waals surface area contributed by atoms with Crippen molar-refractivity contribution in [1.29, 1.82) is 0 Å². The minimum atomic E-state index is 0. The van der Waals surface area contributed by atoms with E-state index in [4.69, 9.17) is 5.11 Å². The maximum absolute atomic E-state index is 11.3. The van der Waals surface area contributed by atoms with E-state index in [1.54, 1.807) is 0 Å². The predicted octanol–water partition coefficient (Wildman–Crippen LogP) is 4.42. The molecule has 0 unspecified atom stereocenters. The molecule has 0 aromatic rings. The van der Waals surface area contributed by atoms with Crippen molar-refractivity contribution in [3.05, 3.63) is 48.6 Å². The molecule has 0 radical (unpaired) electrons. The van der Waals surface area contributed by atoms with Crippen LogP contribution in [-0.4, -0.2) is 29.6 Å². The largest absolute Gasteiger partial charge is 0.412 e. The summed E-state index contributed by atoms with van der Waals surface area (Å²) in [6.45, 7) is 2.59. The number of hydrogen-bond donors (Lipinski definition) is 2. The van der Waals surface area contributed by atoms with Crippen molar-refractivity contribution in [3.63, 3.8) is 0 Å². The fourth-order valence-corrected chi connectivity index (χ4v) is 2.23. The van der Waals surface area contributed by atoms with E-state index in [0.717, 1.165) is 32.1 Å². The van der Waals surface area contributed by atoms with Gasteiger partial charge in [0.05, 0.1) is 6.61 Å². The molecule has 1 amide bonds. The summed E-state index contributed by atoms with van der Waals surface area (Å²) in [6.07, 6.45) is 28.0. The van der Waals surface area contributed by atoms with Crippen LogP contribution in [-0.2, 0) is 4.79 Å². The Morgan fingerprint density at radius 1 is 0.808 bits per heavy atom. The molecule has 0 heterocycles. The zero-order valence-electron chi connectivity index (χ0n) is 16.5. The van der Waals surface area contributed by atoms with Crippen LogP contribution in [0.2, 0.25) is 0 Å². The van der Waals surface area contributed by atoms with Crippen molar-refractivity contribution in [3.8, 4) is 0 Å². The molecule has 0 aromatic heterocycles. The van der Waals surface area contributed by atoms with Gasteiger partial charge in [-0.3, -0.25) is 4.79 Å². The van der Waals surface area contributed by atoms with E-state index in [1.165, 1.54) is 25.7 Å². The standard InChI is InChI=1S/C22H37NO2.H2O/c1-2-3-4-5-6-7-8-9-10-11-12-13-14-15-16-17-18-19-22(25)23-20-21-24;/h6-7,9-10,12-13,15-16,24H,2-5,8,11,14,17-21H2,1H3,(H,23,25);1H2/b7-6-,10-9-,13-12-,16-15-;. The van der Waals surface area contributed by atoms with Crippen LogP contribution in [0.15, 0.2) is 48.6 Å². The highest BCUT2D eigenvalue weighted by molar-refractivity contribution is 5.75. The van der Waals surface area contributed by atoms with Crippen molar-refractivity contribution in [2.24, 2.45) is 0 Å². The number of unbranched alkanes of at least 4 members (excludes halogenated alkanes) is 4. The lowest BCUT2D eigenvalue weighted by atomic mass is 10.2. The van der Waals surface area contributed by atoms with E-state index in [-0.39, 0.29) is 18.0 Å². The number of rotatable bonds is 16. The van der Waals surface area contributed by atoms with Crippen LogP contribution in [0.4, 0.5) is 0 Å². The maximum Gasteiger partial charge on any atom is 0.220 e. The molecular formula is C22H39NO3. The number of allylic oxidation sites excluding steroid dienone is 8. The molecule has 0 aromatic carbocycles. The predicted molar refractivity (Wildman–Crippen MR) is 112 cm³/mol. The van der Waals surface area contributed by atoms with Gasteiger partial charge in [-0.15, -0.1) is 0 Å². The lowest BCUT2D eigenvalue weighted by molar-refractivity contribution is -0.121. The topological polar surface area (TPSA) is 80.8 Å². The Bertz CT molecular complexity index is 412. The zero-order valence-corrected chi connectivity index (χ0v) is 16.5.